The van der Waals surface area contributed by atoms with Crippen molar-refractivity contribution in [3.63, 3.8) is 0 Å². The molecule has 10 aromatic rings. The van der Waals surface area contributed by atoms with Crippen LogP contribution in [0.2, 0.25) is 0 Å². The van der Waals surface area contributed by atoms with Crippen molar-refractivity contribution in [2.75, 3.05) is 0 Å². The lowest BCUT2D eigenvalue weighted by atomic mass is 9.86. The highest BCUT2D eigenvalue weighted by Gasteiger charge is 2.18. The lowest BCUT2D eigenvalue weighted by Gasteiger charge is -2.18. The number of aryl methyl sites for hydroxylation is 4. The molecule has 72 heavy (non-hydrogen) atoms. The second-order valence-corrected chi connectivity index (χ2v) is 21.3. The highest BCUT2D eigenvalue weighted by atomic mass is 14.7. The van der Waals surface area contributed by atoms with E-state index in [4.69, 9.17) is 15.0 Å². The Morgan fingerprint density at radius 1 is 0.278 bits per heavy atom. The molecule has 10 rings (SSSR count). The zero-order chi connectivity index (χ0) is 49.7. The minimum absolute atomic E-state index is 0.0722. The molecule has 0 amide bonds. The van der Waals surface area contributed by atoms with Crippen molar-refractivity contribution >= 4 is 0 Å². The maximum atomic E-state index is 4.83. The Balaban J connectivity index is 0.982. The highest BCUT2D eigenvalue weighted by Crippen LogP contribution is 2.41. The van der Waals surface area contributed by atoms with Crippen LogP contribution in [-0.4, -0.2) is 15.0 Å². The summed E-state index contributed by atoms with van der Waals surface area (Å²) >= 11 is 0. The number of rotatable bonds is 13. The third-order valence-electron chi connectivity index (χ3n) is 14.0. The molecule has 354 valence electrons. The third kappa shape index (κ3) is 11.1. The molecule has 0 bridgehead atoms. The summed E-state index contributed by atoms with van der Waals surface area (Å²) in [6.07, 6.45) is 9.63. The fourth-order valence-electron chi connectivity index (χ4n) is 9.64. The number of hydrogen-bond acceptors (Lipinski definition) is 3. The van der Waals surface area contributed by atoms with E-state index in [0.717, 1.165) is 59.5 Å². The van der Waals surface area contributed by atoms with Crippen LogP contribution in [0.1, 0.15) is 74.9 Å². The predicted octanol–water partition coefficient (Wildman–Crippen LogP) is 17.7. The molecule has 0 radical (unpaired) electrons. The topological polar surface area (TPSA) is 38.7 Å². The summed E-state index contributed by atoms with van der Waals surface area (Å²) in [5.74, 6) is 0. The molecule has 0 saturated carbocycles. The summed E-state index contributed by atoms with van der Waals surface area (Å²) in [6, 6.07) is 75.5. The van der Waals surface area contributed by atoms with E-state index in [1.165, 1.54) is 77.9 Å². The Hall–Kier alpha value is -8.01. The Morgan fingerprint density at radius 3 is 1.24 bits per heavy atom. The van der Waals surface area contributed by atoms with Crippen molar-refractivity contribution in [1.82, 2.24) is 15.0 Å². The molecular weight excluding hydrogens is 871 g/mol. The van der Waals surface area contributed by atoms with Crippen molar-refractivity contribution in [2.24, 2.45) is 0 Å². The minimum Gasteiger partial charge on any atom is -0.256 e. The van der Waals surface area contributed by atoms with Gasteiger partial charge >= 0.3 is 0 Å². The van der Waals surface area contributed by atoms with Gasteiger partial charge in [0, 0.05) is 35.3 Å². The average molecular weight is 934 g/mol. The van der Waals surface area contributed by atoms with E-state index < -0.39 is 0 Å². The standard InChI is InChI=1S/C69H63N3/c1-68(2,3)59-36-39-66(71-46-59)55-27-23-48(24-28-55)19-21-50-42-51(22-20-49-25-29-56(30-26-49)67-40-37-60(47-72-67)69(4,5)6)44-58(43-50)61-16-10-11-17-62(61)63-38-35-57(65-18-12-13-41-70-65)45-64(63)54-33-31-53(32-34-54)52-14-8-7-9-15-52/h7-18,23-47H,19-22H2,1-6H3. The molecule has 0 aliphatic rings. The van der Waals surface area contributed by atoms with Crippen LogP contribution in [0.25, 0.3) is 78.3 Å². The van der Waals surface area contributed by atoms with Gasteiger partial charge in [0.05, 0.1) is 17.1 Å². The van der Waals surface area contributed by atoms with Crippen molar-refractivity contribution in [3.05, 3.63) is 258 Å². The monoisotopic (exact) mass is 934 g/mol. The first kappa shape index (κ1) is 47.7. The van der Waals surface area contributed by atoms with E-state index in [1.54, 1.807) is 0 Å². The van der Waals surface area contributed by atoms with Crippen LogP contribution in [0.3, 0.4) is 0 Å². The first-order valence-corrected chi connectivity index (χ1v) is 25.5. The second kappa shape index (κ2) is 20.8. The molecule has 0 fully saturated rings. The first-order valence-electron chi connectivity index (χ1n) is 25.5. The molecule has 0 spiro atoms. The quantitative estimate of drug-likeness (QED) is 0.116. The van der Waals surface area contributed by atoms with Gasteiger partial charge in [-0.15, -0.1) is 0 Å². The van der Waals surface area contributed by atoms with Crippen molar-refractivity contribution in [1.29, 1.82) is 0 Å². The largest absolute Gasteiger partial charge is 0.256 e. The van der Waals surface area contributed by atoms with Gasteiger partial charge < -0.3 is 0 Å². The highest BCUT2D eigenvalue weighted by molar-refractivity contribution is 5.94. The summed E-state index contributed by atoms with van der Waals surface area (Å²) in [5, 5.41) is 0. The number of aromatic nitrogens is 3. The molecule has 0 saturated heterocycles. The van der Waals surface area contributed by atoms with E-state index >= 15 is 0 Å². The van der Waals surface area contributed by atoms with Gasteiger partial charge in [-0.25, -0.2) is 0 Å². The first-order chi connectivity index (χ1) is 34.9. The molecule has 3 heteroatoms. The zero-order valence-corrected chi connectivity index (χ0v) is 42.5. The summed E-state index contributed by atoms with van der Waals surface area (Å²) in [5.41, 5.74) is 23.9. The fourth-order valence-corrected chi connectivity index (χ4v) is 9.64. The van der Waals surface area contributed by atoms with Crippen LogP contribution in [0.5, 0.6) is 0 Å². The molecule has 0 N–H and O–H groups in total. The molecule has 0 aliphatic heterocycles. The summed E-state index contributed by atoms with van der Waals surface area (Å²) in [7, 11) is 0. The smallest absolute Gasteiger partial charge is 0.0702 e. The number of pyridine rings is 3. The fraction of sp³-hybridized carbons (Fsp3) is 0.174. The SMILES string of the molecule is CC(C)(C)c1ccc(-c2ccc(CCc3cc(CCc4ccc(-c5ccc(C(C)(C)C)cn5)cc4)cc(-c4ccccc4-c4ccc(-c5ccccn5)cc4-c4ccc(-c5ccccc5)cc4)c3)cc2)nc1. The van der Waals surface area contributed by atoms with Crippen molar-refractivity contribution < 1.29 is 0 Å². The summed E-state index contributed by atoms with van der Waals surface area (Å²) < 4.78 is 0. The molecule has 0 unspecified atom stereocenters. The Morgan fingerprint density at radius 2 is 0.722 bits per heavy atom. The molecule has 3 nitrogen and oxygen atoms in total. The summed E-state index contributed by atoms with van der Waals surface area (Å²) in [6.45, 7) is 13.4. The van der Waals surface area contributed by atoms with Crippen LogP contribution in [0.4, 0.5) is 0 Å². The normalized spacial score (nSPS) is 11.7. The lowest BCUT2D eigenvalue weighted by molar-refractivity contribution is 0.587. The Bertz CT molecular complexity index is 3270. The van der Waals surface area contributed by atoms with E-state index in [2.05, 4.69) is 242 Å². The van der Waals surface area contributed by atoms with Gasteiger partial charge in [0.1, 0.15) is 0 Å². The molecule has 3 aromatic heterocycles. The predicted molar refractivity (Wildman–Crippen MR) is 303 cm³/mol. The molecule has 0 atom stereocenters. The van der Waals surface area contributed by atoms with E-state index in [-0.39, 0.29) is 10.8 Å². The van der Waals surface area contributed by atoms with Gasteiger partial charge in [-0.1, -0.05) is 217 Å². The Labute approximate surface area is 427 Å². The van der Waals surface area contributed by atoms with Gasteiger partial charge in [-0.05, 0) is 145 Å². The zero-order valence-electron chi connectivity index (χ0n) is 42.5. The second-order valence-electron chi connectivity index (χ2n) is 21.3. The maximum absolute atomic E-state index is 4.83. The molecule has 3 heterocycles. The number of hydrogen-bond donors (Lipinski definition) is 0. The minimum atomic E-state index is 0.0722. The van der Waals surface area contributed by atoms with Gasteiger partial charge in [-0.2, -0.15) is 0 Å². The number of benzene rings is 7. The van der Waals surface area contributed by atoms with E-state index in [1.807, 2.05) is 24.7 Å². The van der Waals surface area contributed by atoms with Crippen LogP contribution in [0.15, 0.2) is 225 Å². The van der Waals surface area contributed by atoms with Crippen LogP contribution < -0.4 is 0 Å². The molecule has 0 aliphatic carbocycles. The lowest BCUT2D eigenvalue weighted by Crippen LogP contribution is -2.11. The van der Waals surface area contributed by atoms with E-state index in [9.17, 15) is 0 Å². The van der Waals surface area contributed by atoms with Gasteiger partial charge in [0.2, 0.25) is 0 Å². The van der Waals surface area contributed by atoms with Gasteiger partial charge in [-0.3, -0.25) is 15.0 Å². The number of nitrogens with zero attached hydrogens (tertiary/aromatic N) is 3. The van der Waals surface area contributed by atoms with Crippen LogP contribution >= 0.6 is 0 Å². The molecule has 7 aromatic carbocycles. The van der Waals surface area contributed by atoms with Gasteiger partial charge in [0.15, 0.2) is 0 Å². The van der Waals surface area contributed by atoms with Gasteiger partial charge in [0.25, 0.3) is 0 Å². The third-order valence-corrected chi connectivity index (χ3v) is 14.0. The Kier molecular flexibility index (Phi) is 13.7. The summed E-state index contributed by atoms with van der Waals surface area (Å²) in [4.78, 5) is 14.4. The molecular formula is C69H63N3. The van der Waals surface area contributed by atoms with Crippen molar-refractivity contribution in [3.8, 4) is 78.3 Å². The average Bonchev–Trinajstić information content (AvgIpc) is 3.42. The maximum Gasteiger partial charge on any atom is 0.0702 e. The van der Waals surface area contributed by atoms with E-state index in [0.29, 0.717) is 0 Å². The van der Waals surface area contributed by atoms with Crippen LogP contribution in [-0.2, 0) is 36.5 Å². The van der Waals surface area contributed by atoms with Crippen LogP contribution in [0, 0.1) is 0 Å². The van der Waals surface area contributed by atoms with Crippen molar-refractivity contribution in [2.45, 2.75) is 78.1 Å².